The fraction of sp³-hybridized carbons (Fsp3) is 0.0909. The smallest absolute Gasteiger partial charge is 0.328 e. The number of imide groups is 1. The first kappa shape index (κ1) is 17.7. The lowest BCUT2D eigenvalue weighted by Crippen LogP contribution is -2.25. The zero-order chi connectivity index (χ0) is 19.7. The molecule has 3 amide bonds. The highest BCUT2D eigenvalue weighted by molar-refractivity contribution is 6.14. The van der Waals surface area contributed by atoms with Crippen LogP contribution in [0.15, 0.2) is 66.4 Å². The van der Waals surface area contributed by atoms with Crippen LogP contribution in [0, 0.1) is 5.82 Å². The summed E-state index contributed by atoms with van der Waals surface area (Å²) in [4.78, 5) is 25.1. The predicted octanol–water partition coefficient (Wildman–Crippen LogP) is 4.08. The van der Waals surface area contributed by atoms with Crippen molar-refractivity contribution in [3.8, 4) is 5.75 Å². The minimum Gasteiger partial charge on any atom is -0.488 e. The van der Waals surface area contributed by atoms with Crippen molar-refractivity contribution in [1.82, 2.24) is 10.2 Å². The summed E-state index contributed by atoms with van der Waals surface area (Å²) >= 11 is 0. The van der Waals surface area contributed by atoms with E-state index in [0.717, 1.165) is 21.2 Å². The molecule has 1 aliphatic heterocycles. The van der Waals surface area contributed by atoms with Crippen LogP contribution in [-0.2, 0) is 11.4 Å². The quantitative estimate of drug-likeness (QED) is 0.551. The summed E-state index contributed by atoms with van der Waals surface area (Å²) in [6, 6.07) is 17.1. The minimum atomic E-state index is -0.467. The Labute approximate surface area is 161 Å². The number of ether oxygens (including phenoxy) is 1. The molecule has 0 spiro atoms. The number of halogens is 1. The SMILES string of the molecule is CN1C(=O)N/C(=C/c2c(OCc3ccc(F)cc3)ccc3ccccc23)C1=O. The number of carbonyl (C=O) groups excluding carboxylic acids is 2. The van der Waals surface area contributed by atoms with Gasteiger partial charge in [0, 0.05) is 12.6 Å². The average Bonchev–Trinajstić information content (AvgIpc) is 2.95. The molecule has 0 aromatic heterocycles. The Morgan fingerprint density at radius 3 is 2.50 bits per heavy atom. The van der Waals surface area contributed by atoms with E-state index in [0.29, 0.717) is 11.3 Å². The van der Waals surface area contributed by atoms with Gasteiger partial charge in [-0.25, -0.2) is 9.18 Å². The number of urea groups is 1. The maximum atomic E-state index is 13.1. The fourth-order valence-electron chi connectivity index (χ4n) is 3.06. The highest BCUT2D eigenvalue weighted by Crippen LogP contribution is 2.31. The Morgan fingerprint density at radius 1 is 1.04 bits per heavy atom. The number of carbonyl (C=O) groups is 2. The number of benzene rings is 3. The van der Waals surface area contributed by atoms with Gasteiger partial charge in [-0.3, -0.25) is 9.69 Å². The summed E-state index contributed by atoms with van der Waals surface area (Å²) < 4.78 is 19.1. The van der Waals surface area contributed by atoms with Crippen LogP contribution in [0.3, 0.4) is 0 Å². The molecule has 0 unspecified atom stereocenters. The molecule has 6 heteroatoms. The molecule has 28 heavy (non-hydrogen) atoms. The zero-order valence-electron chi connectivity index (χ0n) is 15.1. The van der Waals surface area contributed by atoms with Crippen LogP contribution in [0.2, 0.25) is 0 Å². The van der Waals surface area contributed by atoms with Gasteiger partial charge in [-0.15, -0.1) is 0 Å². The molecule has 140 valence electrons. The number of nitrogens with zero attached hydrogens (tertiary/aromatic N) is 1. The number of nitrogens with one attached hydrogen (secondary N) is 1. The third kappa shape index (κ3) is 3.32. The van der Waals surface area contributed by atoms with Crippen molar-refractivity contribution in [3.63, 3.8) is 0 Å². The lowest BCUT2D eigenvalue weighted by molar-refractivity contribution is -0.121. The monoisotopic (exact) mass is 376 g/mol. The Bertz CT molecular complexity index is 1110. The summed E-state index contributed by atoms with van der Waals surface area (Å²) in [5.74, 6) is -0.144. The summed E-state index contributed by atoms with van der Waals surface area (Å²) in [5.41, 5.74) is 1.70. The van der Waals surface area contributed by atoms with Gasteiger partial charge >= 0.3 is 6.03 Å². The molecule has 1 aliphatic rings. The number of hydrogen-bond donors (Lipinski definition) is 1. The van der Waals surface area contributed by atoms with Crippen LogP contribution in [0.5, 0.6) is 5.75 Å². The summed E-state index contributed by atoms with van der Waals surface area (Å²) in [6.45, 7) is 0.245. The summed E-state index contributed by atoms with van der Waals surface area (Å²) in [6.07, 6.45) is 1.63. The lowest BCUT2D eigenvalue weighted by atomic mass is 10.0. The van der Waals surface area contributed by atoms with Crippen molar-refractivity contribution in [2.45, 2.75) is 6.61 Å². The first-order valence-electron chi connectivity index (χ1n) is 8.72. The van der Waals surface area contributed by atoms with Crippen LogP contribution in [0.4, 0.5) is 9.18 Å². The predicted molar refractivity (Wildman–Crippen MR) is 104 cm³/mol. The van der Waals surface area contributed by atoms with Gasteiger partial charge in [0.2, 0.25) is 0 Å². The molecule has 3 aromatic carbocycles. The minimum absolute atomic E-state index is 0.190. The topological polar surface area (TPSA) is 58.6 Å². The number of amides is 3. The van der Waals surface area contributed by atoms with Crippen LogP contribution < -0.4 is 10.1 Å². The first-order valence-corrected chi connectivity index (χ1v) is 8.72. The second kappa shape index (κ2) is 7.15. The van der Waals surface area contributed by atoms with E-state index in [4.69, 9.17) is 4.74 Å². The second-order valence-electron chi connectivity index (χ2n) is 6.47. The molecule has 0 aliphatic carbocycles. The molecule has 1 heterocycles. The highest BCUT2D eigenvalue weighted by Gasteiger charge is 2.30. The molecular weight excluding hydrogens is 359 g/mol. The van der Waals surface area contributed by atoms with E-state index in [1.54, 1.807) is 18.2 Å². The highest BCUT2D eigenvalue weighted by atomic mass is 19.1. The average molecular weight is 376 g/mol. The molecule has 0 saturated carbocycles. The Morgan fingerprint density at radius 2 is 1.79 bits per heavy atom. The van der Waals surface area contributed by atoms with E-state index >= 15 is 0 Å². The van der Waals surface area contributed by atoms with E-state index in [2.05, 4.69) is 5.32 Å². The number of fused-ring (bicyclic) bond motifs is 1. The zero-order valence-corrected chi connectivity index (χ0v) is 15.1. The van der Waals surface area contributed by atoms with E-state index in [1.807, 2.05) is 36.4 Å². The lowest BCUT2D eigenvalue weighted by Gasteiger charge is -2.13. The molecule has 1 fully saturated rings. The molecule has 1 N–H and O–H groups in total. The van der Waals surface area contributed by atoms with Crippen molar-refractivity contribution in [1.29, 1.82) is 0 Å². The van der Waals surface area contributed by atoms with E-state index in [-0.39, 0.29) is 18.1 Å². The van der Waals surface area contributed by atoms with Gasteiger partial charge < -0.3 is 10.1 Å². The van der Waals surface area contributed by atoms with Crippen LogP contribution >= 0.6 is 0 Å². The fourth-order valence-corrected chi connectivity index (χ4v) is 3.06. The molecule has 0 bridgehead atoms. The third-order valence-electron chi connectivity index (χ3n) is 4.61. The van der Waals surface area contributed by atoms with Gasteiger partial charge in [-0.2, -0.15) is 0 Å². The molecule has 1 saturated heterocycles. The van der Waals surface area contributed by atoms with Gasteiger partial charge in [0.25, 0.3) is 5.91 Å². The number of rotatable bonds is 4. The van der Waals surface area contributed by atoms with Gasteiger partial charge in [-0.05, 0) is 40.6 Å². The molecular formula is C22H17FN2O3. The normalized spacial score (nSPS) is 15.4. The van der Waals surface area contributed by atoms with Crippen LogP contribution in [0.1, 0.15) is 11.1 Å². The molecule has 4 rings (SSSR count). The second-order valence-corrected chi connectivity index (χ2v) is 6.47. The summed E-state index contributed by atoms with van der Waals surface area (Å²) in [7, 11) is 1.42. The van der Waals surface area contributed by atoms with E-state index < -0.39 is 11.9 Å². The van der Waals surface area contributed by atoms with Gasteiger partial charge in [0.05, 0.1) is 0 Å². The van der Waals surface area contributed by atoms with Gasteiger partial charge in [0.1, 0.15) is 23.9 Å². The maximum absolute atomic E-state index is 13.1. The first-order chi connectivity index (χ1) is 13.5. The Kier molecular flexibility index (Phi) is 4.53. The van der Waals surface area contributed by atoms with Crippen molar-refractivity contribution in [3.05, 3.63) is 83.3 Å². The van der Waals surface area contributed by atoms with Crippen molar-refractivity contribution in [2.75, 3.05) is 7.05 Å². The van der Waals surface area contributed by atoms with Crippen molar-refractivity contribution >= 4 is 28.8 Å². The Hall–Kier alpha value is -3.67. The largest absolute Gasteiger partial charge is 0.488 e. The van der Waals surface area contributed by atoms with Crippen molar-refractivity contribution in [2.24, 2.45) is 0 Å². The molecule has 5 nitrogen and oxygen atoms in total. The molecule has 3 aromatic rings. The summed E-state index contributed by atoms with van der Waals surface area (Å²) in [5, 5.41) is 4.45. The van der Waals surface area contributed by atoms with E-state index in [9.17, 15) is 14.0 Å². The van der Waals surface area contributed by atoms with Gasteiger partial charge in [-0.1, -0.05) is 42.5 Å². The van der Waals surface area contributed by atoms with Crippen molar-refractivity contribution < 1.29 is 18.7 Å². The standard InChI is InChI=1S/C22H17FN2O3/c1-25-21(26)19(24-22(25)27)12-18-17-5-3-2-4-15(17)8-11-20(18)28-13-14-6-9-16(23)10-7-14/h2-12H,13H2,1H3,(H,24,27)/b19-12+. The Balaban J connectivity index is 1.74. The number of likely N-dealkylation sites (N-methyl/N-ethyl adjacent to an activating group) is 1. The van der Waals surface area contributed by atoms with Crippen LogP contribution in [-0.4, -0.2) is 23.9 Å². The maximum Gasteiger partial charge on any atom is 0.328 e. The third-order valence-corrected chi connectivity index (χ3v) is 4.61. The van der Waals surface area contributed by atoms with Gasteiger partial charge in [0.15, 0.2) is 0 Å². The van der Waals surface area contributed by atoms with E-state index in [1.165, 1.54) is 19.2 Å². The molecule has 0 radical (unpaired) electrons. The van der Waals surface area contributed by atoms with Crippen LogP contribution in [0.25, 0.3) is 16.8 Å². The number of hydrogen-bond acceptors (Lipinski definition) is 3. The molecule has 0 atom stereocenters.